The molecule has 0 bridgehead atoms. The third kappa shape index (κ3) is 3.83. The highest BCUT2D eigenvalue weighted by molar-refractivity contribution is 5.96. The van der Waals surface area contributed by atoms with Crippen LogP contribution in [0.1, 0.15) is 21.6 Å². The first-order chi connectivity index (χ1) is 12.1. The van der Waals surface area contributed by atoms with Gasteiger partial charge in [-0.15, -0.1) is 0 Å². The van der Waals surface area contributed by atoms with E-state index in [0.717, 1.165) is 25.3 Å². The topological polar surface area (TPSA) is 79.6 Å². The van der Waals surface area contributed by atoms with Gasteiger partial charge in [-0.05, 0) is 25.1 Å². The Kier molecular flexibility index (Phi) is 5.04. The van der Waals surface area contributed by atoms with E-state index in [4.69, 9.17) is 0 Å². The van der Waals surface area contributed by atoms with Gasteiger partial charge in [-0.3, -0.25) is 24.8 Å². The minimum absolute atomic E-state index is 0.0142. The molecule has 3 rings (SSSR count). The van der Waals surface area contributed by atoms with Gasteiger partial charge in [-0.1, -0.05) is 12.1 Å². The molecule has 1 amide bonds. The van der Waals surface area contributed by atoms with Crippen molar-refractivity contribution in [2.24, 2.45) is 0 Å². The smallest absolute Gasteiger partial charge is 0.273 e. The maximum atomic E-state index is 12.7. The molecule has 2 aromatic rings. The minimum atomic E-state index is -0.448. The summed E-state index contributed by atoms with van der Waals surface area (Å²) in [6, 6.07) is 10.5. The predicted octanol–water partition coefficient (Wildman–Crippen LogP) is 2.26. The Balaban J connectivity index is 1.64. The molecular weight excluding hydrogens is 320 g/mol. The Morgan fingerprint density at radius 1 is 1.16 bits per heavy atom. The normalized spacial score (nSPS) is 15.2. The van der Waals surface area contributed by atoms with Crippen molar-refractivity contribution in [1.82, 2.24) is 14.8 Å². The van der Waals surface area contributed by atoms with E-state index in [2.05, 4.69) is 9.88 Å². The average Bonchev–Trinajstić information content (AvgIpc) is 2.62. The van der Waals surface area contributed by atoms with Crippen molar-refractivity contribution in [3.05, 3.63) is 69.5 Å². The molecule has 1 saturated heterocycles. The molecule has 25 heavy (non-hydrogen) atoms. The van der Waals surface area contributed by atoms with E-state index in [0.29, 0.717) is 24.2 Å². The van der Waals surface area contributed by atoms with Crippen molar-refractivity contribution in [2.75, 3.05) is 26.2 Å². The Hall–Kier alpha value is -2.80. The number of hydrogen-bond donors (Lipinski definition) is 0. The molecule has 0 saturated carbocycles. The maximum absolute atomic E-state index is 12.7. The lowest BCUT2D eigenvalue weighted by Gasteiger charge is -2.34. The summed E-state index contributed by atoms with van der Waals surface area (Å²) in [5.74, 6) is -0.140. The summed E-state index contributed by atoms with van der Waals surface area (Å²) in [5.41, 5.74) is 1.83. The van der Waals surface area contributed by atoms with E-state index < -0.39 is 4.92 Å². The predicted molar refractivity (Wildman–Crippen MR) is 93.3 cm³/mol. The summed E-state index contributed by atoms with van der Waals surface area (Å²) in [5, 5.41) is 11.1. The lowest BCUT2D eigenvalue weighted by Crippen LogP contribution is -2.48. The van der Waals surface area contributed by atoms with Crippen LogP contribution in [0.3, 0.4) is 0 Å². The Labute approximate surface area is 146 Å². The number of carbonyl (C=O) groups is 1. The fourth-order valence-corrected chi connectivity index (χ4v) is 3.05. The Morgan fingerprint density at radius 2 is 1.92 bits per heavy atom. The molecule has 1 aliphatic heterocycles. The number of amides is 1. The molecule has 2 heterocycles. The number of pyridine rings is 1. The zero-order valence-corrected chi connectivity index (χ0v) is 14.1. The number of carbonyl (C=O) groups excluding carboxylic acids is 1. The molecule has 1 aromatic carbocycles. The van der Waals surface area contributed by atoms with E-state index >= 15 is 0 Å². The van der Waals surface area contributed by atoms with Crippen molar-refractivity contribution in [2.45, 2.75) is 13.5 Å². The van der Waals surface area contributed by atoms with Gasteiger partial charge in [-0.25, -0.2) is 0 Å². The van der Waals surface area contributed by atoms with Gasteiger partial charge >= 0.3 is 0 Å². The van der Waals surface area contributed by atoms with Gasteiger partial charge in [0.1, 0.15) is 0 Å². The third-order valence-corrected chi connectivity index (χ3v) is 4.50. The lowest BCUT2D eigenvalue weighted by atomic mass is 10.1. The number of benzene rings is 1. The van der Waals surface area contributed by atoms with Gasteiger partial charge in [0.25, 0.3) is 11.6 Å². The molecular formula is C18H20N4O3. The van der Waals surface area contributed by atoms with Crippen LogP contribution in [0.25, 0.3) is 0 Å². The second kappa shape index (κ2) is 7.40. The van der Waals surface area contributed by atoms with Crippen LogP contribution in [0.2, 0.25) is 0 Å². The van der Waals surface area contributed by atoms with Crippen LogP contribution in [0.4, 0.5) is 5.69 Å². The highest BCUT2D eigenvalue weighted by Gasteiger charge is 2.25. The molecule has 1 aliphatic rings. The van der Waals surface area contributed by atoms with Crippen LogP contribution in [-0.4, -0.2) is 51.8 Å². The number of hydrogen-bond acceptors (Lipinski definition) is 5. The van der Waals surface area contributed by atoms with Gasteiger partial charge in [-0.2, -0.15) is 0 Å². The number of piperazine rings is 1. The average molecular weight is 340 g/mol. The molecule has 0 unspecified atom stereocenters. The fourth-order valence-electron chi connectivity index (χ4n) is 3.05. The first kappa shape index (κ1) is 17.0. The van der Waals surface area contributed by atoms with Crippen molar-refractivity contribution >= 4 is 11.6 Å². The van der Waals surface area contributed by atoms with Crippen molar-refractivity contribution < 1.29 is 9.72 Å². The number of nitrogens with zero attached hydrogens (tertiary/aromatic N) is 4. The summed E-state index contributed by atoms with van der Waals surface area (Å²) < 4.78 is 0. The third-order valence-electron chi connectivity index (χ3n) is 4.50. The van der Waals surface area contributed by atoms with Gasteiger partial charge in [0.2, 0.25) is 0 Å². The van der Waals surface area contributed by atoms with Crippen molar-refractivity contribution in [3.63, 3.8) is 0 Å². The van der Waals surface area contributed by atoms with Crippen LogP contribution in [0, 0.1) is 17.0 Å². The quantitative estimate of drug-likeness (QED) is 0.630. The van der Waals surface area contributed by atoms with Gasteiger partial charge in [0.15, 0.2) is 0 Å². The van der Waals surface area contributed by atoms with E-state index in [1.54, 1.807) is 30.2 Å². The molecule has 1 aromatic heterocycles. The van der Waals surface area contributed by atoms with E-state index in [9.17, 15) is 14.9 Å². The molecule has 0 aliphatic carbocycles. The van der Waals surface area contributed by atoms with Crippen molar-refractivity contribution in [3.8, 4) is 0 Å². The number of nitro groups is 1. The SMILES string of the molecule is Cc1c(C(=O)N2CCN(Cc3ccccn3)CC2)cccc1[N+](=O)[O-]. The lowest BCUT2D eigenvalue weighted by molar-refractivity contribution is -0.385. The van der Waals surface area contributed by atoms with E-state index in [1.807, 2.05) is 18.2 Å². The standard InChI is InChI=1S/C18H20N4O3/c1-14-16(6-4-7-17(14)22(24)25)18(23)21-11-9-20(10-12-21)13-15-5-2-3-8-19-15/h2-8H,9-13H2,1H3. The van der Waals surface area contributed by atoms with E-state index in [1.165, 1.54) is 6.07 Å². The highest BCUT2D eigenvalue weighted by Crippen LogP contribution is 2.22. The summed E-state index contributed by atoms with van der Waals surface area (Å²) >= 11 is 0. The fraction of sp³-hybridized carbons (Fsp3) is 0.333. The molecule has 0 N–H and O–H groups in total. The Morgan fingerprint density at radius 3 is 2.56 bits per heavy atom. The van der Waals surface area contributed by atoms with Crippen LogP contribution >= 0.6 is 0 Å². The molecule has 0 spiro atoms. The number of rotatable bonds is 4. The summed E-state index contributed by atoms with van der Waals surface area (Å²) in [4.78, 5) is 31.7. The highest BCUT2D eigenvalue weighted by atomic mass is 16.6. The molecule has 0 atom stereocenters. The summed E-state index contributed by atoms with van der Waals surface area (Å²) in [7, 11) is 0. The second-order valence-electron chi connectivity index (χ2n) is 6.10. The molecule has 0 radical (unpaired) electrons. The van der Waals surface area contributed by atoms with E-state index in [-0.39, 0.29) is 11.6 Å². The number of nitro benzene ring substituents is 1. The first-order valence-electron chi connectivity index (χ1n) is 8.22. The van der Waals surface area contributed by atoms with Crippen LogP contribution in [0.5, 0.6) is 0 Å². The largest absolute Gasteiger partial charge is 0.336 e. The second-order valence-corrected chi connectivity index (χ2v) is 6.10. The monoisotopic (exact) mass is 340 g/mol. The molecule has 7 heteroatoms. The zero-order chi connectivity index (χ0) is 17.8. The van der Waals surface area contributed by atoms with Gasteiger partial charge in [0, 0.05) is 56.1 Å². The van der Waals surface area contributed by atoms with Crippen LogP contribution in [0.15, 0.2) is 42.6 Å². The summed E-state index contributed by atoms with van der Waals surface area (Å²) in [6.07, 6.45) is 1.78. The van der Waals surface area contributed by atoms with Crippen molar-refractivity contribution in [1.29, 1.82) is 0 Å². The van der Waals surface area contributed by atoms with Crippen LogP contribution < -0.4 is 0 Å². The van der Waals surface area contributed by atoms with Gasteiger partial charge < -0.3 is 4.90 Å². The number of aromatic nitrogens is 1. The first-order valence-corrected chi connectivity index (χ1v) is 8.22. The molecule has 130 valence electrons. The van der Waals surface area contributed by atoms with Gasteiger partial charge in [0.05, 0.1) is 10.6 Å². The van der Waals surface area contributed by atoms with Crippen LogP contribution in [-0.2, 0) is 6.54 Å². The molecule has 1 fully saturated rings. The maximum Gasteiger partial charge on any atom is 0.273 e. The zero-order valence-electron chi connectivity index (χ0n) is 14.1. The molecule has 7 nitrogen and oxygen atoms in total. The summed E-state index contributed by atoms with van der Waals surface area (Å²) in [6.45, 7) is 5.12. The minimum Gasteiger partial charge on any atom is -0.336 e. The Bertz CT molecular complexity index is 771.